The largest absolute Gasteiger partial charge is 0.466 e. The lowest BCUT2D eigenvalue weighted by Crippen LogP contribution is -1.99. The maximum Gasteiger partial charge on any atom is 0.138 e. The Morgan fingerprint density at radius 3 is 2.80 bits per heavy atom. The van der Waals surface area contributed by atoms with Gasteiger partial charge in [0, 0.05) is 10.0 Å². The molecule has 1 N–H and O–H groups in total. The quantitative estimate of drug-likeness (QED) is 0.904. The molecule has 0 saturated carbocycles. The summed E-state index contributed by atoms with van der Waals surface area (Å²) in [5, 5.41) is 10.1. The van der Waals surface area contributed by atoms with Crippen LogP contribution in [0.15, 0.2) is 45.5 Å². The second-order valence-electron chi connectivity index (χ2n) is 3.44. The van der Waals surface area contributed by atoms with Crippen LogP contribution in [0.5, 0.6) is 0 Å². The first-order valence-corrected chi connectivity index (χ1v) is 5.45. The molecule has 0 radical (unpaired) electrons. The maximum absolute atomic E-state index is 10.1. The molecule has 1 aromatic carbocycles. The van der Waals surface area contributed by atoms with E-state index in [4.69, 9.17) is 4.42 Å². The Morgan fingerprint density at radius 2 is 2.13 bits per heavy atom. The monoisotopic (exact) mass is 266 g/mol. The van der Waals surface area contributed by atoms with Gasteiger partial charge in [0.1, 0.15) is 11.9 Å². The number of halogens is 1. The third-order valence-corrected chi connectivity index (χ3v) is 2.98. The molecule has 0 fully saturated rings. The normalized spacial score (nSPS) is 12.7. The number of hydrogen-bond donors (Lipinski definition) is 1. The fraction of sp³-hybridized carbons (Fsp3) is 0.167. The standard InChI is InChI=1S/C12H11BrO2/c1-8-4-5-10(13)9(7-8)12(14)11-3-2-6-15-11/h2-7,12,14H,1H3. The molecule has 0 aliphatic carbocycles. The van der Waals surface area contributed by atoms with E-state index in [-0.39, 0.29) is 0 Å². The zero-order valence-corrected chi connectivity index (χ0v) is 9.86. The highest BCUT2D eigenvalue weighted by molar-refractivity contribution is 9.10. The Morgan fingerprint density at radius 1 is 1.33 bits per heavy atom. The molecule has 0 spiro atoms. The molecule has 1 atom stereocenters. The minimum atomic E-state index is -0.714. The topological polar surface area (TPSA) is 33.4 Å². The van der Waals surface area contributed by atoms with E-state index in [9.17, 15) is 5.11 Å². The van der Waals surface area contributed by atoms with E-state index in [0.717, 1.165) is 15.6 Å². The summed E-state index contributed by atoms with van der Waals surface area (Å²) in [5.41, 5.74) is 1.93. The Hall–Kier alpha value is -1.06. The molecule has 78 valence electrons. The van der Waals surface area contributed by atoms with E-state index in [1.165, 1.54) is 0 Å². The van der Waals surface area contributed by atoms with E-state index >= 15 is 0 Å². The summed E-state index contributed by atoms with van der Waals surface area (Å²) in [6.45, 7) is 1.99. The van der Waals surface area contributed by atoms with Crippen LogP contribution in [0.2, 0.25) is 0 Å². The van der Waals surface area contributed by atoms with Crippen molar-refractivity contribution in [1.82, 2.24) is 0 Å². The predicted molar refractivity (Wildman–Crippen MR) is 61.6 cm³/mol. The number of benzene rings is 1. The Bertz CT molecular complexity index is 449. The summed E-state index contributed by atoms with van der Waals surface area (Å²) < 4.78 is 6.06. The van der Waals surface area contributed by atoms with Gasteiger partial charge >= 0.3 is 0 Å². The molecule has 0 saturated heterocycles. The van der Waals surface area contributed by atoms with Crippen LogP contribution in [0.25, 0.3) is 0 Å². The number of aliphatic hydroxyl groups is 1. The fourth-order valence-corrected chi connectivity index (χ4v) is 1.94. The third kappa shape index (κ3) is 2.13. The first-order chi connectivity index (χ1) is 7.18. The SMILES string of the molecule is Cc1ccc(Br)c(C(O)c2ccco2)c1. The molecule has 1 unspecified atom stereocenters. The number of aliphatic hydroxyl groups excluding tert-OH is 1. The summed E-state index contributed by atoms with van der Waals surface area (Å²) in [7, 11) is 0. The molecule has 1 aromatic heterocycles. The van der Waals surface area contributed by atoms with Crippen molar-refractivity contribution in [3.8, 4) is 0 Å². The van der Waals surface area contributed by atoms with E-state index in [1.807, 2.05) is 25.1 Å². The lowest BCUT2D eigenvalue weighted by Gasteiger charge is -2.11. The lowest BCUT2D eigenvalue weighted by molar-refractivity contribution is 0.188. The smallest absolute Gasteiger partial charge is 0.138 e. The number of furan rings is 1. The van der Waals surface area contributed by atoms with Gasteiger partial charge in [-0.1, -0.05) is 33.6 Å². The zero-order valence-electron chi connectivity index (χ0n) is 8.27. The van der Waals surface area contributed by atoms with E-state index in [1.54, 1.807) is 18.4 Å². The summed E-state index contributed by atoms with van der Waals surface area (Å²) in [6, 6.07) is 9.39. The van der Waals surface area contributed by atoms with Crippen LogP contribution in [0, 0.1) is 6.92 Å². The van der Waals surface area contributed by atoms with Crippen molar-refractivity contribution in [1.29, 1.82) is 0 Å². The zero-order chi connectivity index (χ0) is 10.8. The molecule has 15 heavy (non-hydrogen) atoms. The highest BCUT2D eigenvalue weighted by atomic mass is 79.9. The summed E-state index contributed by atoms with van der Waals surface area (Å²) in [4.78, 5) is 0. The minimum absolute atomic E-state index is 0.557. The maximum atomic E-state index is 10.1. The molecule has 0 bridgehead atoms. The van der Waals surface area contributed by atoms with Gasteiger partial charge in [-0.3, -0.25) is 0 Å². The van der Waals surface area contributed by atoms with Gasteiger partial charge in [0.15, 0.2) is 0 Å². The van der Waals surface area contributed by atoms with Crippen molar-refractivity contribution in [2.24, 2.45) is 0 Å². The minimum Gasteiger partial charge on any atom is -0.466 e. The van der Waals surface area contributed by atoms with Crippen molar-refractivity contribution in [2.75, 3.05) is 0 Å². The van der Waals surface area contributed by atoms with Gasteiger partial charge in [-0.2, -0.15) is 0 Å². The Labute approximate surface area is 96.7 Å². The first-order valence-electron chi connectivity index (χ1n) is 4.66. The van der Waals surface area contributed by atoms with Crippen LogP contribution in [0.4, 0.5) is 0 Å². The van der Waals surface area contributed by atoms with Crippen molar-refractivity contribution in [3.05, 3.63) is 58.0 Å². The van der Waals surface area contributed by atoms with Crippen molar-refractivity contribution in [3.63, 3.8) is 0 Å². The van der Waals surface area contributed by atoms with E-state index in [2.05, 4.69) is 15.9 Å². The first kappa shape index (κ1) is 10.5. The molecule has 0 aliphatic heterocycles. The van der Waals surface area contributed by atoms with Crippen LogP contribution in [0.1, 0.15) is 23.0 Å². The number of hydrogen-bond acceptors (Lipinski definition) is 2. The predicted octanol–water partition coefficient (Wildman–Crippen LogP) is 3.43. The summed E-state index contributed by atoms with van der Waals surface area (Å²) in [5.74, 6) is 0.557. The van der Waals surface area contributed by atoms with Crippen LogP contribution < -0.4 is 0 Å². The molecule has 2 nitrogen and oxygen atoms in total. The average Bonchev–Trinajstić information content (AvgIpc) is 2.74. The van der Waals surface area contributed by atoms with Crippen LogP contribution in [-0.4, -0.2) is 5.11 Å². The number of aryl methyl sites for hydroxylation is 1. The fourth-order valence-electron chi connectivity index (χ4n) is 1.47. The summed E-state index contributed by atoms with van der Waals surface area (Å²) >= 11 is 3.41. The van der Waals surface area contributed by atoms with Gasteiger partial charge in [-0.25, -0.2) is 0 Å². The molecular formula is C12H11BrO2. The molecule has 1 heterocycles. The molecule has 2 rings (SSSR count). The van der Waals surface area contributed by atoms with Gasteiger partial charge in [-0.05, 0) is 25.1 Å². The summed E-state index contributed by atoms with van der Waals surface area (Å²) in [6.07, 6.45) is 0.844. The van der Waals surface area contributed by atoms with Crippen molar-refractivity contribution >= 4 is 15.9 Å². The third-order valence-electron chi connectivity index (χ3n) is 2.26. The van der Waals surface area contributed by atoms with Crippen LogP contribution >= 0.6 is 15.9 Å². The second kappa shape index (κ2) is 4.21. The Balaban J connectivity index is 2.41. The van der Waals surface area contributed by atoms with E-state index < -0.39 is 6.10 Å². The van der Waals surface area contributed by atoms with Crippen molar-refractivity contribution < 1.29 is 9.52 Å². The van der Waals surface area contributed by atoms with Gasteiger partial charge in [0.05, 0.1) is 6.26 Å². The second-order valence-corrected chi connectivity index (χ2v) is 4.30. The van der Waals surface area contributed by atoms with Gasteiger partial charge in [0.2, 0.25) is 0 Å². The van der Waals surface area contributed by atoms with Crippen molar-refractivity contribution in [2.45, 2.75) is 13.0 Å². The van der Waals surface area contributed by atoms with Crippen LogP contribution in [0.3, 0.4) is 0 Å². The Kier molecular flexibility index (Phi) is 2.93. The van der Waals surface area contributed by atoms with E-state index in [0.29, 0.717) is 5.76 Å². The van der Waals surface area contributed by atoms with Crippen LogP contribution in [-0.2, 0) is 0 Å². The molecule has 0 aliphatic rings. The average molecular weight is 267 g/mol. The van der Waals surface area contributed by atoms with Gasteiger partial charge < -0.3 is 9.52 Å². The molecule has 0 amide bonds. The highest BCUT2D eigenvalue weighted by Gasteiger charge is 2.15. The lowest BCUT2D eigenvalue weighted by atomic mass is 10.1. The van der Waals surface area contributed by atoms with Gasteiger partial charge in [0.25, 0.3) is 0 Å². The highest BCUT2D eigenvalue weighted by Crippen LogP contribution is 2.29. The number of rotatable bonds is 2. The molecule has 2 aromatic rings. The van der Waals surface area contributed by atoms with Gasteiger partial charge in [-0.15, -0.1) is 0 Å². The molecular weight excluding hydrogens is 256 g/mol. The molecule has 3 heteroatoms.